The zero-order valence-electron chi connectivity index (χ0n) is 11.1. The first-order valence-electron chi connectivity index (χ1n) is 5.91. The fourth-order valence-corrected chi connectivity index (χ4v) is 1.30. The van der Waals surface area contributed by atoms with Gasteiger partial charge in [0.2, 0.25) is 11.8 Å². The van der Waals surface area contributed by atoms with Gasteiger partial charge in [0.05, 0.1) is 0 Å². The van der Waals surface area contributed by atoms with Crippen LogP contribution in [0.1, 0.15) is 13.8 Å². The quantitative estimate of drug-likeness (QED) is 0.759. The summed E-state index contributed by atoms with van der Waals surface area (Å²) in [6, 6.07) is 8.50. The van der Waals surface area contributed by atoms with Gasteiger partial charge in [0.25, 0.3) is 0 Å². The van der Waals surface area contributed by atoms with E-state index < -0.39 is 6.04 Å². The Balaban J connectivity index is 0.00000324. The van der Waals surface area contributed by atoms with E-state index in [1.54, 1.807) is 26.0 Å². The maximum Gasteiger partial charge on any atom is 0.246 e. The van der Waals surface area contributed by atoms with Gasteiger partial charge in [-0.2, -0.15) is 0 Å². The number of carbonyl (C=O) groups excluding carboxylic acids is 2. The van der Waals surface area contributed by atoms with Crippen LogP contribution < -0.4 is 16.4 Å². The second kappa shape index (κ2) is 8.50. The SMILES string of the molecule is CC(CN)C(=O)NC(C)C(=O)Nc1ccccc1.Cl. The lowest BCUT2D eigenvalue weighted by atomic mass is 10.1. The molecule has 0 radical (unpaired) electrons. The second-order valence-corrected chi connectivity index (χ2v) is 4.22. The molecule has 1 aromatic carbocycles. The molecule has 19 heavy (non-hydrogen) atoms. The first-order chi connectivity index (χ1) is 8.54. The molecule has 5 nitrogen and oxygen atoms in total. The number of hydrogen-bond donors (Lipinski definition) is 3. The zero-order chi connectivity index (χ0) is 13.5. The molecule has 1 rings (SSSR count). The molecule has 4 N–H and O–H groups in total. The van der Waals surface area contributed by atoms with Crippen molar-refractivity contribution < 1.29 is 9.59 Å². The summed E-state index contributed by atoms with van der Waals surface area (Å²) in [6.07, 6.45) is 0. The summed E-state index contributed by atoms with van der Waals surface area (Å²) in [4.78, 5) is 23.4. The highest BCUT2D eigenvalue weighted by atomic mass is 35.5. The van der Waals surface area contributed by atoms with E-state index >= 15 is 0 Å². The fraction of sp³-hybridized carbons (Fsp3) is 0.385. The van der Waals surface area contributed by atoms with Gasteiger partial charge >= 0.3 is 0 Å². The van der Waals surface area contributed by atoms with Crippen LogP contribution in [0.15, 0.2) is 30.3 Å². The van der Waals surface area contributed by atoms with E-state index in [-0.39, 0.29) is 36.7 Å². The monoisotopic (exact) mass is 285 g/mol. The number of para-hydroxylation sites is 1. The van der Waals surface area contributed by atoms with Crippen LogP contribution in [-0.2, 0) is 9.59 Å². The van der Waals surface area contributed by atoms with E-state index in [1.165, 1.54) is 0 Å². The molecule has 0 saturated carbocycles. The Hall–Kier alpha value is -1.59. The highest BCUT2D eigenvalue weighted by Gasteiger charge is 2.18. The standard InChI is InChI=1S/C13H19N3O2.ClH/c1-9(8-14)12(17)15-10(2)13(18)16-11-6-4-3-5-7-11;/h3-7,9-10H,8,14H2,1-2H3,(H,15,17)(H,16,18);1H. The predicted octanol–water partition coefficient (Wildman–Crippen LogP) is 1.15. The largest absolute Gasteiger partial charge is 0.344 e. The summed E-state index contributed by atoms with van der Waals surface area (Å²) in [5, 5.41) is 5.34. The number of carbonyl (C=O) groups is 2. The Kier molecular flexibility index (Phi) is 7.79. The van der Waals surface area contributed by atoms with Gasteiger partial charge in [-0.05, 0) is 19.1 Å². The second-order valence-electron chi connectivity index (χ2n) is 4.22. The summed E-state index contributed by atoms with van der Waals surface area (Å²) < 4.78 is 0. The molecular weight excluding hydrogens is 266 g/mol. The maximum atomic E-state index is 11.8. The van der Waals surface area contributed by atoms with E-state index in [4.69, 9.17) is 5.73 Å². The molecule has 6 heteroatoms. The third-order valence-corrected chi connectivity index (χ3v) is 2.59. The van der Waals surface area contributed by atoms with Gasteiger partial charge in [0.1, 0.15) is 6.04 Å². The van der Waals surface area contributed by atoms with Crippen LogP contribution in [0.2, 0.25) is 0 Å². The van der Waals surface area contributed by atoms with Crippen LogP contribution >= 0.6 is 12.4 Å². The lowest BCUT2D eigenvalue weighted by Gasteiger charge is -2.16. The summed E-state index contributed by atoms with van der Waals surface area (Å²) in [7, 11) is 0. The Labute approximate surface area is 119 Å². The van der Waals surface area contributed by atoms with E-state index in [0.29, 0.717) is 5.69 Å². The number of anilines is 1. The van der Waals surface area contributed by atoms with Crippen LogP contribution in [0.5, 0.6) is 0 Å². The van der Waals surface area contributed by atoms with E-state index in [0.717, 1.165) is 0 Å². The third kappa shape index (κ3) is 5.72. The van der Waals surface area contributed by atoms with Crippen molar-refractivity contribution in [1.82, 2.24) is 5.32 Å². The number of rotatable bonds is 5. The molecule has 2 amide bonds. The molecular formula is C13H20ClN3O2. The van der Waals surface area contributed by atoms with Crippen molar-refractivity contribution >= 4 is 29.9 Å². The van der Waals surface area contributed by atoms with Crippen molar-refractivity contribution in [2.75, 3.05) is 11.9 Å². The zero-order valence-corrected chi connectivity index (χ0v) is 11.9. The number of nitrogens with one attached hydrogen (secondary N) is 2. The Morgan fingerprint density at radius 3 is 2.26 bits per heavy atom. The average Bonchev–Trinajstić information content (AvgIpc) is 2.38. The fourth-order valence-electron chi connectivity index (χ4n) is 1.30. The van der Waals surface area contributed by atoms with E-state index in [2.05, 4.69) is 10.6 Å². The van der Waals surface area contributed by atoms with Crippen molar-refractivity contribution in [2.45, 2.75) is 19.9 Å². The molecule has 0 aliphatic heterocycles. The molecule has 0 bridgehead atoms. The topological polar surface area (TPSA) is 84.2 Å². The minimum atomic E-state index is -0.591. The summed E-state index contributed by atoms with van der Waals surface area (Å²) in [5.41, 5.74) is 6.09. The number of nitrogens with two attached hydrogens (primary N) is 1. The minimum Gasteiger partial charge on any atom is -0.344 e. The van der Waals surface area contributed by atoms with Crippen molar-refractivity contribution in [1.29, 1.82) is 0 Å². The first-order valence-corrected chi connectivity index (χ1v) is 5.91. The normalized spacial score (nSPS) is 12.8. The van der Waals surface area contributed by atoms with E-state index in [1.807, 2.05) is 18.2 Å². The van der Waals surface area contributed by atoms with Crippen LogP contribution in [0.25, 0.3) is 0 Å². The van der Waals surface area contributed by atoms with Crippen molar-refractivity contribution in [3.05, 3.63) is 30.3 Å². The molecule has 0 spiro atoms. The van der Waals surface area contributed by atoms with Gasteiger partial charge in [0, 0.05) is 18.2 Å². The van der Waals surface area contributed by atoms with Crippen molar-refractivity contribution in [2.24, 2.45) is 11.7 Å². The molecule has 0 aromatic heterocycles. The van der Waals surface area contributed by atoms with Gasteiger partial charge in [0.15, 0.2) is 0 Å². The van der Waals surface area contributed by atoms with Gasteiger partial charge in [-0.3, -0.25) is 9.59 Å². The molecule has 0 heterocycles. The lowest BCUT2D eigenvalue weighted by Crippen LogP contribution is -2.44. The van der Waals surface area contributed by atoms with Gasteiger partial charge in [-0.25, -0.2) is 0 Å². The molecule has 0 saturated heterocycles. The minimum absolute atomic E-state index is 0. The predicted molar refractivity (Wildman–Crippen MR) is 78.1 cm³/mol. The van der Waals surface area contributed by atoms with E-state index in [9.17, 15) is 9.59 Å². The summed E-state index contributed by atoms with van der Waals surface area (Å²) in [5.74, 6) is -0.760. The number of benzene rings is 1. The van der Waals surface area contributed by atoms with Crippen LogP contribution in [0, 0.1) is 5.92 Å². The molecule has 106 valence electrons. The third-order valence-electron chi connectivity index (χ3n) is 2.59. The first kappa shape index (κ1) is 17.4. The van der Waals surface area contributed by atoms with Gasteiger partial charge in [-0.1, -0.05) is 25.1 Å². The number of amides is 2. The highest BCUT2D eigenvalue weighted by molar-refractivity contribution is 5.97. The Morgan fingerprint density at radius 2 is 1.74 bits per heavy atom. The maximum absolute atomic E-state index is 11.8. The van der Waals surface area contributed by atoms with Crippen molar-refractivity contribution in [3.63, 3.8) is 0 Å². The van der Waals surface area contributed by atoms with Crippen LogP contribution in [-0.4, -0.2) is 24.4 Å². The number of halogens is 1. The van der Waals surface area contributed by atoms with Gasteiger partial charge < -0.3 is 16.4 Å². The molecule has 0 aliphatic carbocycles. The Morgan fingerprint density at radius 1 is 1.16 bits per heavy atom. The number of hydrogen-bond acceptors (Lipinski definition) is 3. The van der Waals surface area contributed by atoms with Crippen LogP contribution in [0.3, 0.4) is 0 Å². The molecule has 0 aliphatic rings. The molecule has 2 atom stereocenters. The molecule has 2 unspecified atom stereocenters. The molecule has 0 fully saturated rings. The summed E-state index contributed by atoms with van der Waals surface area (Å²) >= 11 is 0. The smallest absolute Gasteiger partial charge is 0.246 e. The van der Waals surface area contributed by atoms with Crippen molar-refractivity contribution in [3.8, 4) is 0 Å². The van der Waals surface area contributed by atoms with Gasteiger partial charge in [-0.15, -0.1) is 12.4 Å². The molecule has 1 aromatic rings. The van der Waals surface area contributed by atoms with Crippen LogP contribution in [0.4, 0.5) is 5.69 Å². The summed E-state index contributed by atoms with van der Waals surface area (Å²) in [6.45, 7) is 3.62. The lowest BCUT2D eigenvalue weighted by molar-refractivity contribution is -0.128. The Bertz CT molecular complexity index is 412. The highest BCUT2D eigenvalue weighted by Crippen LogP contribution is 2.05. The average molecular weight is 286 g/mol.